The number of amides is 1. The van der Waals surface area contributed by atoms with E-state index in [1.807, 2.05) is 5.43 Å². The van der Waals surface area contributed by atoms with Gasteiger partial charge in [-0.1, -0.05) is 11.6 Å². The molecular formula is C12H10ClN3O5. The molecule has 0 unspecified atom stereocenters. The van der Waals surface area contributed by atoms with Gasteiger partial charge >= 0.3 is 11.6 Å². The monoisotopic (exact) mass is 311 g/mol. The third kappa shape index (κ3) is 3.30. The van der Waals surface area contributed by atoms with Gasteiger partial charge in [-0.15, -0.1) is 0 Å². The smallest absolute Gasteiger partial charge is 0.311 e. The number of nitro benzene ring substituents is 1. The highest BCUT2D eigenvalue weighted by Crippen LogP contribution is 2.30. The third-order valence-corrected chi connectivity index (χ3v) is 2.82. The summed E-state index contributed by atoms with van der Waals surface area (Å²) >= 11 is 5.78. The van der Waals surface area contributed by atoms with Crippen molar-refractivity contribution in [1.29, 1.82) is 0 Å². The van der Waals surface area contributed by atoms with Crippen LogP contribution in [0.15, 0.2) is 34.9 Å². The van der Waals surface area contributed by atoms with Crippen LogP contribution in [0.3, 0.4) is 0 Å². The van der Waals surface area contributed by atoms with Gasteiger partial charge < -0.3 is 9.15 Å². The zero-order valence-electron chi connectivity index (χ0n) is 10.5. The first-order valence-corrected chi connectivity index (χ1v) is 6.04. The first-order valence-electron chi connectivity index (χ1n) is 5.67. The number of rotatable bonds is 5. The second-order valence-electron chi connectivity index (χ2n) is 3.91. The molecule has 0 bridgehead atoms. The molecule has 0 saturated heterocycles. The average Bonchev–Trinajstić information content (AvgIpc) is 2.92. The van der Waals surface area contributed by atoms with Gasteiger partial charge in [-0.3, -0.25) is 20.3 Å². The van der Waals surface area contributed by atoms with Crippen LogP contribution in [0.1, 0.15) is 16.1 Å². The van der Waals surface area contributed by atoms with Crippen molar-refractivity contribution >= 4 is 23.2 Å². The second-order valence-corrected chi connectivity index (χ2v) is 4.34. The van der Waals surface area contributed by atoms with Gasteiger partial charge in [0.15, 0.2) is 11.5 Å². The molecule has 0 fully saturated rings. The molecule has 21 heavy (non-hydrogen) atoms. The maximum atomic E-state index is 11.4. The van der Waals surface area contributed by atoms with Gasteiger partial charge in [-0.2, -0.15) is 0 Å². The SMILES string of the molecule is NNC(=O)c1occc1COc1cc(Cl)ccc1[N+](=O)[O-]. The lowest BCUT2D eigenvalue weighted by atomic mass is 10.2. The van der Waals surface area contributed by atoms with Gasteiger partial charge in [-0.25, -0.2) is 5.84 Å². The highest BCUT2D eigenvalue weighted by atomic mass is 35.5. The van der Waals surface area contributed by atoms with Crippen LogP contribution >= 0.6 is 11.6 Å². The highest BCUT2D eigenvalue weighted by Gasteiger charge is 2.18. The third-order valence-electron chi connectivity index (χ3n) is 2.59. The van der Waals surface area contributed by atoms with Gasteiger partial charge in [0.25, 0.3) is 0 Å². The summed E-state index contributed by atoms with van der Waals surface area (Å²) in [5.41, 5.74) is 2.09. The fourth-order valence-electron chi connectivity index (χ4n) is 1.62. The second kappa shape index (κ2) is 6.25. The van der Waals surface area contributed by atoms with Crippen molar-refractivity contribution in [2.24, 2.45) is 5.84 Å². The molecule has 0 radical (unpaired) electrons. The summed E-state index contributed by atoms with van der Waals surface area (Å²) in [6, 6.07) is 5.45. The summed E-state index contributed by atoms with van der Waals surface area (Å²) in [5, 5.41) is 11.2. The molecule has 3 N–H and O–H groups in total. The molecule has 9 heteroatoms. The Balaban J connectivity index is 2.21. The van der Waals surface area contributed by atoms with Crippen LogP contribution in [-0.2, 0) is 6.61 Å². The minimum absolute atomic E-state index is 0.00666. The van der Waals surface area contributed by atoms with E-state index < -0.39 is 10.8 Å². The number of nitrogens with one attached hydrogen (secondary N) is 1. The summed E-state index contributed by atoms with van der Waals surface area (Å²) in [5.74, 6) is 4.36. The lowest BCUT2D eigenvalue weighted by Gasteiger charge is -2.07. The molecule has 110 valence electrons. The predicted molar refractivity (Wildman–Crippen MR) is 72.8 cm³/mol. The van der Waals surface area contributed by atoms with Crippen molar-refractivity contribution in [3.05, 3.63) is 57.0 Å². The number of halogens is 1. The molecule has 1 aromatic heterocycles. The number of ether oxygens (including phenoxy) is 1. The maximum Gasteiger partial charge on any atom is 0.311 e. The van der Waals surface area contributed by atoms with Gasteiger partial charge in [0, 0.05) is 22.7 Å². The van der Waals surface area contributed by atoms with E-state index >= 15 is 0 Å². The van der Waals surface area contributed by atoms with E-state index in [9.17, 15) is 14.9 Å². The van der Waals surface area contributed by atoms with Crippen LogP contribution in [0, 0.1) is 10.1 Å². The number of nitrogen functional groups attached to an aromatic ring is 1. The Morgan fingerprint density at radius 2 is 2.24 bits per heavy atom. The van der Waals surface area contributed by atoms with E-state index in [1.54, 1.807) is 0 Å². The fraction of sp³-hybridized carbons (Fsp3) is 0.0833. The molecular weight excluding hydrogens is 302 g/mol. The van der Waals surface area contributed by atoms with Gasteiger partial charge in [0.1, 0.15) is 6.61 Å². The molecule has 2 rings (SSSR count). The molecule has 0 aliphatic carbocycles. The van der Waals surface area contributed by atoms with Crippen molar-refractivity contribution < 1.29 is 18.9 Å². The molecule has 0 aliphatic heterocycles. The maximum absolute atomic E-state index is 11.4. The van der Waals surface area contributed by atoms with Crippen LogP contribution in [0.5, 0.6) is 5.75 Å². The minimum Gasteiger partial charge on any atom is -0.482 e. The summed E-state index contributed by atoms with van der Waals surface area (Å²) in [6.45, 7) is -0.111. The summed E-state index contributed by atoms with van der Waals surface area (Å²) in [6.07, 6.45) is 1.29. The molecule has 0 aliphatic rings. The molecule has 8 nitrogen and oxygen atoms in total. The molecule has 0 spiro atoms. The first kappa shape index (κ1) is 14.8. The van der Waals surface area contributed by atoms with Crippen molar-refractivity contribution in [3.8, 4) is 5.75 Å². The minimum atomic E-state index is -0.626. The van der Waals surface area contributed by atoms with E-state index in [0.717, 1.165) is 0 Å². The summed E-state index contributed by atoms with van der Waals surface area (Å²) in [7, 11) is 0. The topological polar surface area (TPSA) is 121 Å². The number of benzene rings is 1. The number of hydrogen-bond donors (Lipinski definition) is 2. The van der Waals surface area contributed by atoms with E-state index in [2.05, 4.69) is 0 Å². The standard InChI is InChI=1S/C12H10ClN3O5/c13-8-1-2-9(16(18)19)10(5-8)21-6-7-3-4-20-11(7)12(17)15-14/h1-5H,6,14H2,(H,15,17). The Morgan fingerprint density at radius 1 is 1.48 bits per heavy atom. The lowest BCUT2D eigenvalue weighted by Crippen LogP contribution is -2.30. The zero-order chi connectivity index (χ0) is 15.4. The number of furan rings is 1. The molecule has 2 aromatic rings. The number of carbonyl (C=O) groups is 1. The van der Waals surface area contributed by atoms with Crippen molar-refractivity contribution in [2.45, 2.75) is 6.61 Å². The molecule has 0 saturated carbocycles. The molecule has 1 heterocycles. The Labute approximate surface area is 123 Å². The normalized spacial score (nSPS) is 10.2. The quantitative estimate of drug-likeness (QED) is 0.377. The van der Waals surface area contributed by atoms with Crippen LogP contribution in [0.4, 0.5) is 5.69 Å². The van der Waals surface area contributed by atoms with Crippen LogP contribution in [-0.4, -0.2) is 10.8 Å². The van der Waals surface area contributed by atoms with Crippen molar-refractivity contribution in [1.82, 2.24) is 5.43 Å². The van der Waals surface area contributed by atoms with Crippen molar-refractivity contribution in [2.75, 3.05) is 0 Å². The fourth-order valence-corrected chi connectivity index (χ4v) is 1.79. The van der Waals surface area contributed by atoms with Gasteiger partial charge in [0.05, 0.1) is 11.2 Å². The molecule has 1 amide bonds. The Bertz CT molecular complexity index is 685. The zero-order valence-corrected chi connectivity index (χ0v) is 11.3. The molecule has 1 aromatic carbocycles. The lowest BCUT2D eigenvalue weighted by molar-refractivity contribution is -0.385. The summed E-state index contributed by atoms with van der Waals surface area (Å²) < 4.78 is 10.3. The summed E-state index contributed by atoms with van der Waals surface area (Å²) in [4.78, 5) is 21.7. The Kier molecular flexibility index (Phi) is 4.41. The van der Waals surface area contributed by atoms with Gasteiger partial charge in [0.2, 0.25) is 0 Å². The highest BCUT2D eigenvalue weighted by molar-refractivity contribution is 6.30. The predicted octanol–water partition coefficient (Wildman–Crippen LogP) is 2.02. The number of nitrogens with two attached hydrogens (primary N) is 1. The van der Waals surface area contributed by atoms with E-state index in [0.29, 0.717) is 10.6 Å². The number of nitrogens with zero attached hydrogens (tertiary/aromatic N) is 1. The van der Waals surface area contributed by atoms with E-state index in [-0.39, 0.29) is 23.8 Å². The molecule has 0 atom stereocenters. The Hall–Kier alpha value is -2.58. The number of hydrazine groups is 1. The van der Waals surface area contributed by atoms with Crippen LogP contribution in [0.25, 0.3) is 0 Å². The number of hydrogen-bond acceptors (Lipinski definition) is 6. The van der Waals surface area contributed by atoms with Crippen LogP contribution in [0.2, 0.25) is 5.02 Å². The average molecular weight is 312 g/mol. The van der Waals surface area contributed by atoms with Gasteiger partial charge in [-0.05, 0) is 12.1 Å². The van der Waals surface area contributed by atoms with Crippen LogP contribution < -0.4 is 16.0 Å². The number of nitro groups is 1. The largest absolute Gasteiger partial charge is 0.482 e. The van der Waals surface area contributed by atoms with E-state index in [4.69, 9.17) is 26.6 Å². The first-order chi connectivity index (χ1) is 10.0. The van der Waals surface area contributed by atoms with Crippen molar-refractivity contribution in [3.63, 3.8) is 0 Å². The van der Waals surface area contributed by atoms with E-state index in [1.165, 1.54) is 30.5 Å². The Morgan fingerprint density at radius 3 is 2.90 bits per heavy atom. The number of carbonyl (C=O) groups excluding carboxylic acids is 1.